The molecule has 0 atom stereocenters. The highest BCUT2D eigenvalue weighted by atomic mass is 79.9. The van der Waals surface area contributed by atoms with Gasteiger partial charge in [0.1, 0.15) is 0 Å². The van der Waals surface area contributed by atoms with Crippen LogP contribution >= 0.6 is 15.9 Å². The number of rotatable bonds is 2. The summed E-state index contributed by atoms with van der Waals surface area (Å²) in [5.74, 6) is 0.937. The van der Waals surface area contributed by atoms with Gasteiger partial charge in [-0.1, -0.05) is 12.1 Å². The highest BCUT2D eigenvalue weighted by Crippen LogP contribution is 2.19. The number of hydrogen-bond acceptors (Lipinski definition) is 4. The van der Waals surface area contributed by atoms with Crippen LogP contribution < -0.4 is 4.90 Å². The smallest absolute Gasteiger partial charge is 0.255 e. The molecule has 2 heterocycles. The lowest BCUT2D eigenvalue weighted by Crippen LogP contribution is -2.49. The van der Waals surface area contributed by atoms with Crippen molar-refractivity contribution in [2.75, 3.05) is 31.1 Å². The predicted molar refractivity (Wildman–Crippen MR) is 84.3 cm³/mol. The van der Waals surface area contributed by atoms with Crippen LogP contribution in [0.4, 0.5) is 5.82 Å². The normalized spacial score (nSPS) is 15.1. The maximum Gasteiger partial charge on any atom is 0.255 e. The monoisotopic (exact) mass is 346 g/mol. The van der Waals surface area contributed by atoms with E-state index in [2.05, 4.69) is 31.0 Å². The molecule has 21 heavy (non-hydrogen) atoms. The van der Waals surface area contributed by atoms with Gasteiger partial charge < -0.3 is 9.80 Å². The van der Waals surface area contributed by atoms with Gasteiger partial charge in [0.2, 0.25) is 0 Å². The van der Waals surface area contributed by atoms with E-state index in [4.69, 9.17) is 0 Å². The molecule has 6 heteroatoms. The first-order chi connectivity index (χ1) is 10.3. The van der Waals surface area contributed by atoms with E-state index in [0.29, 0.717) is 18.7 Å². The van der Waals surface area contributed by atoms with Crippen LogP contribution in [-0.4, -0.2) is 47.2 Å². The Labute approximate surface area is 131 Å². The quantitative estimate of drug-likeness (QED) is 0.836. The number of benzene rings is 1. The molecule has 1 aliphatic rings. The molecule has 2 aromatic rings. The summed E-state index contributed by atoms with van der Waals surface area (Å²) in [6, 6.07) is 11.4. The highest BCUT2D eigenvalue weighted by Gasteiger charge is 2.23. The average molecular weight is 347 g/mol. The van der Waals surface area contributed by atoms with Crippen LogP contribution in [0.15, 0.2) is 47.1 Å². The lowest BCUT2D eigenvalue weighted by atomic mass is 10.2. The van der Waals surface area contributed by atoms with Gasteiger partial charge in [-0.25, -0.2) is 0 Å². The van der Waals surface area contributed by atoms with Crippen LogP contribution in [0.25, 0.3) is 0 Å². The van der Waals surface area contributed by atoms with Crippen LogP contribution in [0.5, 0.6) is 0 Å². The fourth-order valence-electron chi connectivity index (χ4n) is 2.41. The fraction of sp³-hybridized carbons (Fsp3) is 0.267. The summed E-state index contributed by atoms with van der Waals surface area (Å²) in [4.78, 5) is 16.5. The zero-order valence-corrected chi connectivity index (χ0v) is 13.0. The van der Waals surface area contributed by atoms with Crippen molar-refractivity contribution in [1.82, 2.24) is 15.1 Å². The number of carbonyl (C=O) groups excluding carboxylic acids is 1. The van der Waals surface area contributed by atoms with Gasteiger partial charge >= 0.3 is 0 Å². The second-order valence-corrected chi connectivity index (χ2v) is 5.70. The van der Waals surface area contributed by atoms with E-state index in [1.165, 1.54) is 0 Å². The van der Waals surface area contributed by atoms with E-state index in [1.54, 1.807) is 6.20 Å². The minimum absolute atomic E-state index is 0.0706. The number of halogens is 1. The molecule has 1 aromatic carbocycles. The molecule has 0 spiro atoms. The zero-order chi connectivity index (χ0) is 14.7. The Morgan fingerprint density at radius 3 is 2.48 bits per heavy atom. The van der Waals surface area contributed by atoms with Gasteiger partial charge in [0, 0.05) is 36.8 Å². The first-order valence-electron chi connectivity index (χ1n) is 6.82. The van der Waals surface area contributed by atoms with E-state index >= 15 is 0 Å². The van der Waals surface area contributed by atoms with Crippen molar-refractivity contribution in [3.8, 4) is 0 Å². The molecule has 0 saturated carbocycles. The summed E-state index contributed by atoms with van der Waals surface area (Å²) in [6.07, 6.45) is 1.66. The number of amides is 1. The van der Waals surface area contributed by atoms with Gasteiger partial charge in [0.05, 0.1) is 5.56 Å². The molecule has 0 radical (unpaired) electrons. The Hall–Kier alpha value is -1.95. The average Bonchev–Trinajstić information content (AvgIpc) is 2.56. The molecule has 108 valence electrons. The molecule has 5 nitrogen and oxygen atoms in total. The van der Waals surface area contributed by atoms with Crippen LogP contribution in [0.3, 0.4) is 0 Å². The fourth-order valence-corrected chi connectivity index (χ4v) is 2.86. The summed E-state index contributed by atoms with van der Waals surface area (Å²) in [7, 11) is 0. The second kappa shape index (κ2) is 6.22. The molecule has 0 unspecified atom stereocenters. The second-order valence-electron chi connectivity index (χ2n) is 4.84. The van der Waals surface area contributed by atoms with Crippen molar-refractivity contribution in [1.29, 1.82) is 0 Å². The Morgan fingerprint density at radius 1 is 1.05 bits per heavy atom. The van der Waals surface area contributed by atoms with Crippen LogP contribution in [0.1, 0.15) is 10.4 Å². The van der Waals surface area contributed by atoms with Gasteiger partial charge in [-0.15, -0.1) is 5.10 Å². The number of anilines is 1. The molecule has 1 aliphatic heterocycles. The molecule has 3 rings (SSSR count). The summed E-state index contributed by atoms with van der Waals surface area (Å²) >= 11 is 3.44. The Balaban J connectivity index is 1.66. The molecular weight excluding hydrogens is 332 g/mol. The zero-order valence-electron chi connectivity index (χ0n) is 11.4. The van der Waals surface area contributed by atoms with Crippen molar-refractivity contribution in [3.05, 3.63) is 52.6 Å². The maximum absolute atomic E-state index is 12.5. The van der Waals surface area contributed by atoms with E-state index < -0.39 is 0 Å². The molecule has 0 bridgehead atoms. The standard InChI is InChI=1S/C15H15BrN4O/c16-13-5-2-1-4-12(13)15(21)20-10-8-19(9-11-20)14-6-3-7-17-18-14/h1-7H,8-11H2. The summed E-state index contributed by atoms with van der Waals surface area (Å²) in [5.41, 5.74) is 0.713. The molecule has 1 saturated heterocycles. The number of aromatic nitrogens is 2. The van der Waals surface area contributed by atoms with Gasteiger partial charge in [0.15, 0.2) is 5.82 Å². The van der Waals surface area contributed by atoms with Gasteiger partial charge in [-0.3, -0.25) is 4.79 Å². The van der Waals surface area contributed by atoms with Crippen molar-refractivity contribution >= 4 is 27.7 Å². The third kappa shape index (κ3) is 3.05. The van der Waals surface area contributed by atoms with Crippen molar-refractivity contribution in [3.63, 3.8) is 0 Å². The first kappa shape index (κ1) is 14.0. The first-order valence-corrected chi connectivity index (χ1v) is 7.61. The predicted octanol–water partition coefficient (Wildman–Crippen LogP) is 2.20. The SMILES string of the molecule is O=C(c1ccccc1Br)N1CCN(c2cccnn2)CC1. The summed E-state index contributed by atoms with van der Waals surface area (Å²) < 4.78 is 0.839. The van der Waals surface area contributed by atoms with Crippen LogP contribution in [0, 0.1) is 0 Å². The number of nitrogens with zero attached hydrogens (tertiary/aromatic N) is 4. The Morgan fingerprint density at radius 2 is 1.81 bits per heavy atom. The van der Waals surface area contributed by atoms with E-state index in [0.717, 1.165) is 23.4 Å². The highest BCUT2D eigenvalue weighted by molar-refractivity contribution is 9.10. The number of hydrogen-bond donors (Lipinski definition) is 0. The Bertz CT molecular complexity index is 627. The molecule has 0 aliphatic carbocycles. The van der Waals surface area contributed by atoms with Gasteiger partial charge in [-0.2, -0.15) is 5.10 Å². The van der Waals surface area contributed by atoms with Crippen molar-refractivity contribution in [2.45, 2.75) is 0 Å². The minimum atomic E-state index is 0.0706. The lowest BCUT2D eigenvalue weighted by Gasteiger charge is -2.35. The largest absolute Gasteiger partial charge is 0.352 e. The lowest BCUT2D eigenvalue weighted by molar-refractivity contribution is 0.0745. The van der Waals surface area contributed by atoms with Crippen molar-refractivity contribution < 1.29 is 4.79 Å². The third-order valence-corrected chi connectivity index (χ3v) is 4.24. The molecular formula is C15H15BrN4O. The molecule has 1 fully saturated rings. The Kier molecular flexibility index (Phi) is 4.15. The third-order valence-electron chi connectivity index (χ3n) is 3.55. The number of piperazine rings is 1. The molecule has 1 amide bonds. The topological polar surface area (TPSA) is 49.3 Å². The summed E-state index contributed by atoms with van der Waals surface area (Å²) in [6.45, 7) is 2.93. The van der Waals surface area contributed by atoms with E-state index in [1.807, 2.05) is 41.3 Å². The van der Waals surface area contributed by atoms with Gasteiger partial charge in [-0.05, 0) is 40.2 Å². The van der Waals surface area contributed by atoms with Gasteiger partial charge in [0.25, 0.3) is 5.91 Å². The van der Waals surface area contributed by atoms with Crippen LogP contribution in [0.2, 0.25) is 0 Å². The minimum Gasteiger partial charge on any atom is -0.352 e. The summed E-state index contributed by atoms with van der Waals surface area (Å²) in [5, 5.41) is 8.00. The molecule has 1 aromatic heterocycles. The number of carbonyl (C=O) groups is 1. The molecule has 0 N–H and O–H groups in total. The van der Waals surface area contributed by atoms with E-state index in [9.17, 15) is 4.79 Å². The van der Waals surface area contributed by atoms with Crippen molar-refractivity contribution in [2.24, 2.45) is 0 Å². The maximum atomic E-state index is 12.5. The van der Waals surface area contributed by atoms with E-state index in [-0.39, 0.29) is 5.91 Å². The van der Waals surface area contributed by atoms with Crippen LogP contribution in [-0.2, 0) is 0 Å².